The van der Waals surface area contributed by atoms with Crippen LogP contribution in [0.25, 0.3) is 0 Å². The predicted molar refractivity (Wildman–Crippen MR) is 147 cm³/mol. The Balaban J connectivity index is 1.49. The number of nitrogen functional groups attached to an aromatic ring is 1. The Kier molecular flexibility index (Phi) is 10.8. The molecule has 2 aromatic rings. The van der Waals surface area contributed by atoms with Crippen LogP contribution in [-0.2, 0) is 32.6 Å². The molecule has 2 aromatic heterocycles. The first kappa shape index (κ1) is 33.6. The molecule has 44 heavy (non-hydrogen) atoms. The van der Waals surface area contributed by atoms with Gasteiger partial charge in [0.15, 0.2) is 6.23 Å². The molecule has 0 spiro atoms. The first-order valence-electron chi connectivity index (χ1n) is 13.3. The van der Waals surface area contributed by atoms with E-state index >= 15 is 0 Å². The molecule has 2 aliphatic heterocycles. The highest BCUT2D eigenvalue weighted by Gasteiger charge is 2.51. The average molecular weight is 648 g/mol. The molecule has 21 heteroatoms. The quantitative estimate of drug-likeness (QED) is 0.103. The molecular weight excluding hydrogens is 613 g/mol. The summed E-state index contributed by atoms with van der Waals surface area (Å²) in [6.45, 7) is -0.295. The van der Waals surface area contributed by atoms with Crippen LogP contribution in [0.15, 0.2) is 32.8 Å². The second-order valence-corrected chi connectivity index (χ2v) is 11.4. The summed E-state index contributed by atoms with van der Waals surface area (Å²) in [5, 5.41) is 22.9. The summed E-state index contributed by atoms with van der Waals surface area (Å²) in [4.78, 5) is 64.9. The van der Waals surface area contributed by atoms with E-state index < -0.39 is 93.5 Å². The summed E-state index contributed by atoms with van der Waals surface area (Å²) in [6.07, 6.45) is -6.82. The third-order valence-corrected chi connectivity index (χ3v) is 7.77. The van der Waals surface area contributed by atoms with E-state index in [-0.39, 0.29) is 30.9 Å². The van der Waals surface area contributed by atoms with Crippen LogP contribution < -0.4 is 33.7 Å². The van der Waals surface area contributed by atoms with Gasteiger partial charge in [-0.1, -0.05) is 0 Å². The number of nitrogens with one attached hydrogen (secondary N) is 2. The molecule has 2 saturated heterocycles. The van der Waals surface area contributed by atoms with Crippen molar-refractivity contribution in [2.45, 2.75) is 56.3 Å². The molecule has 20 nitrogen and oxygen atoms in total. The van der Waals surface area contributed by atoms with Gasteiger partial charge in [0.1, 0.15) is 43.1 Å². The predicted octanol–water partition coefficient (Wildman–Crippen LogP) is -3.82. The molecule has 4 rings (SSSR count). The maximum absolute atomic E-state index is 13.1. The van der Waals surface area contributed by atoms with E-state index in [1.165, 1.54) is 25.4 Å². The Labute approximate surface area is 248 Å². The second kappa shape index (κ2) is 14.2. The Hall–Kier alpha value is -3.30. The highest BCUT2D eigenvalue weighted by atomic mass is 31.2. The molecule has 0 aromatic carbocycles. The monoisotopic (exact) mass is 647 g/mol. The minimum absolute atomic E-state index is 0.0956. The highest BCUT2D eigenvalue weighted by Crippen LogP contribution is 2.49. The second-order valence-electron chi connectivity index (χ2n) is 9.95. The Morgan fingerprint density at radius 1 is 1.25 bits per heavy atom. The molecule has 2 aliphatic rings. The summed E-state index contributed by atoms with van der Waals surface area (Å²) in [5.74, 6) is -0.702. The van der Waals surface area contributed by atoms with Crippen LogP contribution in [0, 0.1) is 6.92 Å². The topological polar surface area (TPSA) is 295 Å². The molecule has 9 N–H and O–H groups in total. The summed E-state index contributed by atoms with van der Waals surface area (Å²) < 4.78 is 42.5. The molecule has 244 valence electrons. The van der Waals surface area contributed by atoms with Crippen LogP contribution in [0.4, 0.5) is 5.82 Å². The normalized spacial score (nSPS) is 28.2. The van der Waals surface area contributed by atoms with Crippen LogP contribution in [-0.4, -0.2) is 104 Å². The maximum Gasteiger partial charge on any atom is 0.472 e. The van der Waals surface area contributed by atoms with Gasteiger partial charge in [0.05, 0.1) is 19.3 Å². The number of carbonyl (C=O) groups excluding carboxylic acids is 1. The van der Waals surface area contributed by atoms with Crippen molar-refractivity contribution in [2.75, 3.05) is 38.6 Å². The van der Waals surface area contributed by atoms with E-state index in [0.29, 0.717) is 0 Å². The zero-order chi connectivity index (χ0) is 32.2. The van der Waals surface area contributed by atoms with Gasteiger partial charge in [0.25, 0.3) is 5.56 Å². The number of ether oxygens (including phenoxy) is 3. The van der Waals surface area contributed by atoms with Crippen molar-refractivity contribution in [1.82, 2.24) is 24.4 Å². The summed E-state index contributed by atoms with van der Waals surface area (Å²) in [6, 6.07) is 1.28. The smallest absolute Gasteiger partial charge is 0.394 e. The molecule has 8 atom stereocenters. The van der Waals surface area contributed by atoms with Gasteiger partial charge < -0.3 is 46.1 Å². The fourth-order valence-electron chi connectivity index (χ4n) is 4.63. The number of hydrogen-bond acceptors (Lipinski definition) is 15. The third-order valence-electron chi connectivity index (χ3n) is 6.78. The lowest BCUT2D eigenvalue weighted by atomic mass is 10.1. The van der Waals surface area contributed by atoms with Gasteiger partial charge in [-0.15, -0.1) is 0 Å². The fraction of sp³-hybridized carbons (Fsp3) is 0.609. The lowest BCUT2D eigenvalue weighted by molar-refractivity contribution is -0.132. The van der Waals surface area contributed by atoms with Gasteiger partial charge >= 0.3 is 19.2 Å². The van der Waals surface area contributed by atoms with Crippen molar-refractivity contribution in [3.8, 4) is 0 Å². The summed E-state index contributed by atoms with van der Waals surface area (Å²) in [5.41, 5.74) is 8.92. The van der Waals surface area contributed by atoms with Crippen molar-refractivity contribution in [3.63, 3.8) is 0 Å². The maximum atomic E-state index is 13.1. The Morgan fingerprint density at radius 2 is 2.00 bits per heavy atom. The van der Waals surface area contributed by atoms with Crippen LogP contribution >= 0.6 is 7.82 Å². The van der Waals surface area contributed by atoms with Crippen LogP contribution in [0.5, 0.6) is 0 Å². The van der Waals surface area contributed by atoms with Gasteiger partial charge in [0.2, 0.25) is 5.91 Å². The number of aromatic amines is 1. The molecule has 0 aliphatic carbocycles. The number of nitrogens with two attached hydrogens (primary N) is 2. The summed E-state index contributed by atoms with van der Waals surface area (Å²) >= 11 is 0. The van der Waals surface area contributed by atoms with E-state index in [9.17, 15) is 38.8 Å². The number of hydrogen-bond donors (Lipinski definition) is 7. The highest BCUT2D eigenvalue weighted by molar-refractivity contribution is 7.47. The van der Waals surface area contributed by atoms with Crippen LogP contribution in [0.1, 0.15) is 24.4 Å². The molecule has 0 radical (unpaired) electrons. The molecule has 4 heterocycles. The van der Waals surface area contributed by atoms with Gasteiger partial charge in [-0.25, -0.2) is 14.2 Å². The molecule has 1 unspecified atom stereocenters. The number of H-pyrrole nitrogens is 1. The number of aromatic nitrogens is 4. The number of anilines is 1. The molecule has 0 bridgehead atoms. The van der Waals surface area contributed by atoms with Crippen LogP contribution in [0.3, 0.4) is 0 Å². The number of rotatable bonds is 13. The molecule has 2 fully saturated rings. The van der Waals surface area contributed by atoms with Crippen molar-refractivity contribution in [3.05, 3.63) is 55.3 Å². The number of aryl methyl sites for hydroxylation is 1. The first-order chi connectivity index (χ1) is 20.8. The van der Waals surface area contributed by atoms with E-state index in [4.69, 9.17) is 34.7 Å². The lowest BCUT2D eigenvalue weighted by Gasteiger charge is -2.26. The minimum atomic E-state index is -5.05. The minimum Gasteiger partial charge on any atom is -0.394 e. The number of phosphoric ester groups is 1. The summed E-state index contributed by atoms with van der Waals surface area (Å²) in [7, 11) is -5.05. The molecule has 1 amide bonds. The molecular formula is C23H34N7O13P. The SMILES string of the molecule is Cc1cn([C@H]2C[C@H](O)[C@@H](COP(=O)(O)O[C@H]3[C@@H](OCC(=O)NCCN)[C@H](n4ccc(N)nc4=O)O[C@@H]3CO)O2)c(=O)[nH]c1=O. The lowest BCUT2D eigenvalue weighted by Crippen LogP contribution is -2.42. The average Bonchev–Trinajstić information content (AvgIpc) is 3.50. The largest absolute Gasteiger partial charge is 0.472 e. The van der Waals surface area contributed by atoms with E-state index in [0.717, 1.165) is 9.13 Å². The van der Waals surface area contributed by atoms with Gasteiger partial charge in [-0.2, -0.15) is 4.98 Å². The number of phosphoric acid groups is 1. The molecule has 0 saturated carbocycles. The third kappa shape index (κ3) is 7.85. The zero-order valence-electron chi connectivity index (χ0n) is 23.4. The van der Waals surface area contributed by atoms with Crippen LogP contribution in [0.2, 0.25) is 0 Å². The van der Waals surface area contributed by atoms with E-state index in [1.54, 1.807) is 0 Å². The Bertz CT molecular complexity index is 1550. The standard InChI is InChI=1S/C23H34N7O13P/c1-11-7-30(23(36)28-20(11)34)17-6-12(32)14(41-17)9-40-44(37,38)43-18-13(8-31)42-21(29-5-2-15(25)27-22(29)35)19(18)39-10-16(33)26-4-3-24/h2,5,7,12-14,17-19,21,31-32H,3-4,6,8-10,24H2,1H3,(H,26,33)(H,37,38)(H2,25,27,35)(H,28,34,36)/t12-,13+,14+,17+,18+,19+,21+/m0/s1. The number of aliphatic hydroxyl groups is 2. The van der Waals surface area contributed by atoms with E-state index in [1.807, 2.05) is 0 Å². The Morgan fingerprint density at radius 3 is 2.68 bits per heavy atom. The number of aliphatic hydroxyl groups excluding tert-OH is 2. The van der Waals surface area contributed by atoms with Crippen molar-refractivity contribution >= 4 is 19.5 Å². The fourth-order valence-corrected chi connectivity index (χ4v) is 5.58. The van der Waals surface area contributed by atoms with Gasteiger partial charge in [-0.3, -0.25) is 32.8 Å². The van der Waals surface area contributed by atoms with E-state index in [2.05, 4.69) is 15.3 Å². The van der Waals surface area contributed by atoms with Crippen molar-refractivity contribution < 1.29 is 47.7 Å². The first-order valence-corrected chi connectivity index (χ1v) is 14.8. The zero-order valence-corrected chi connectivity index (χ0v) is 24.3. The number of carbonyl (C=O) groups is 1. The number of nitrogens with zero attached hydrogens (tertiary/aromatic N) is 3. The van der Waals surface area contributed by atoms with Crippen molar-refractivity contribution in [1.29, 1.82) is 0 Å². The van der Waals surface area contributed by atoms with Crippen molar-refractivity contribution in [2.24, 2.45) is 5.73 Å². The van der Waals surface area contributed by atoms with Gasteiger partial charge in [0, 0.05) is 37.5 Å². The number of amides is 1. The van der Waals surface area contributed by atoms with Gasteiger partial charge in [-0.05, 0) is 13.0 Å².